The van der Waals surface area contributed by atoms with Gasteiger partial charge in [-0.3, -0.25) is 4.79 Å². The van der Waals surface area contributed by atoms with Crippen LogP contribution in [0.4, 0.5) is 0 Å². The van der Waals surface area contributed by atoms with E-state index in [1.54, 1.807) is 0 Å². The SMILES string of the molecule is CSc1nc(-c2ccccc2)c(Cc2ccccc2Cl)c(=O)[nH]1. The Balaban J connectivity index is 2.16. The maximum Gasteiger partial charge on any atom is 0.255 e. The van der Waals surface area contributed by atoms with Gasteiger partial charge in [-0.1, -0.05) is 71.9 Å². The van der Waals surface area contributed by atoms with Gasteiger partial charge in [0.2, 0.25) is 0 Å². The number of benzene rings is 2. The van der Waals surface area contributed by atoms with Crippen LogP contribution in [-0.4, -0.2) is 16.2 Å². The molecule has 0 atom stereocenters. The van der Waals surface area contributed by atoms with E-state index in [4.69, 9.17) is 11.6 Å². The number of halogens is 1. The Kier molecular flexibility index (Phi) is 4.84. The Morgan fingerprint density at radius 3 is 2.48 bits per heavy atom. The van der Waals surface area contributed by atoms with Crippen LogP contribution in [0.25, 0.3) is 11.3 Å². The highest BCUT2D eigenvalue weighted by Crippen LogP contribution is 2.25. The van der Waals surface area contributed by atoms with Gasteiger partial charge in [0.25, 0.3) is 5.56 Å². The first-order chi connectivity index (χ1) is 11.2. The molecule has 3 nitrogen and oxygen atoms in total. The molecule has 2 aromatic carbocycles. The average Bonchev–Trinajstić information content (AvgIpc) is 2.59. The number of nitrogens with one attached hydrogen (secondary N) is 1. The molecule has 0 unspecified atom stereocenters. The van der Waals surface area contributed by atoms with E-state index in [1.165, 1.54) is 11.8 Å². The monoisotopic (exact) mass is 342 g/mol. The van der Waals surface area contributed by atoms with Gasteiger partial charge in [-0.2, -0.15) is 0 Å². The lowest BCUT2D eigenvalue weighted by molar-refractivity contribution is 0.909. The van der Waals surface area contributed by atoms with Gasteiger partial charge in [0.1, 0.15) is 0 Å². The molecule has 116 valence electrons. The molecule has 3 rings (SSSR count). The Hall–Kier alpha value is -2.04. The molecule has 0 aliphatic heterocycles. The lowest BCUT2D eigenvalue weighted by Crippen LogP contribution is -2.17. The third kappa shape index (κ3) is 3.49. The fraction of sp³-hybridized carbons (Fsp3) is 0.111. The summed E-state index contributed by atoms with van der Waals surface area (Å²) in [7, 11) is 0. The third-order valence-electron chi connectivity index (χ3n) is 3.56. The lowest BCUT2D eigenvalue weighted by Gasteiger charge is -2.10. The minimum Gasteiger partial charge on any atom is -0.301 e. The Labute approximate surface area is 143 Å². The van der Waals surface area contributed by atoms with Gasteiger partial charge in [-0.05, 0) is 17.9 Å². The zero-order valence-corrected chi connectivity index (χ0v) is 14.1. The highest BCUT2D eigenvalue weighted by molar-refractivity contribution is 7.98. The first kappa shape index (κ1) is 15.8. The Morgan fingerprint density at radius 2 is 1.78 bits per heavy atom. The van der Waals surface area contributed by atoms with E-state index in [9.17, 15) is 4.79 Å². The second-order valence-corrected chi connectivity index (χ2v) is 6.24. The number of rotatable bonds is 4. The largest absolute Gasteiger partial charge is 0.301 e. The topological polar surface area (TPSA) is 45.8 Å². The molecule has 1 N–H and O–H groups in total. The standard InChI is InChI=1S/C18H15ClN2OS/c1-23-18-20-16(12-7-3-2-4-8-12)14(17(22)21-18)11-13-9-5-6-10-15(13)19/h2-10H,11H2,1H3,(H,20,21,22). The molecule has 0 amide bonds. The van der Waals surface area contributed by atoms with Crippen LogP contribution in [0.5, 0.6) is 0 Å². The molecule has 5 heteroatoms. The van der Waals surface area contributed by atoms with Crippen LogP contribution in [-0.2, 0) is 6.42 Å². The van der Waals surface area contributed by atoms with E-state index < -0.39 is 0 Å². The number of aromatic amines is 1. The van der Waals surface area contributed by atoms with Crippen LogP contribution in [0.3, 0.4) is 0 Å². The van der Waals surface area contributed by atoms with Gasteiger partial charge in [0.05, 0.1) is 5.69 Å². The maximum absolute atomic E-state index is 12.6. The second-order valence-electron chi connectivity index (χ2n) is 5.04. The van der Waals surface area contributed by atoms with Crippen molar-refractivity contribution in [3.63, 3.8) is 0 Å². The number of hydrogen-bond acceptors (Lipinski definition) is 3. The van der Waals surface area contributed by atoms with Crippen LogP contribution < -0.4 is 5.56 Å². The summed E-state index contributed by atoms with van der Waals surface area (Å²) in [6.45, 7) is 0. The smallest absolute Gasteiger partial charge is 0.255 e. The first-order valence-electron chi connectivity index (χ1n) is 7.15. The van der Waals surface area contributed by atoms with E-state index in [2.05, 4.69) is 9.97 Å². The van der Waals surface area contributed by atoms with E-state index in [-0.39, 0.29) is 5.56 Å². The quantitative estimate of drug-likeness (QED) is 0.564. The summed E-state index contributed by atoms with van der Waals surface area (Å²) in [5.41, 5.74) is 3.05. The maximum atomic E-state index is 12.6. The third-order valence-corrected chi connectivity index (χ3v) is 4.51. The van der Waals surface area contributed by atoms with Crippen molar-refractivity contribution in [1.82, 2.24) is 9.97 Å². The number of thioether (sulfide) groups is 1. The van der Waals surface area contributed by atoms with Crippen molar-refractivity contribution in [2.24, 2.45) is 0 Å². The summed E-state index contributed by atoms with van der Waals surface area (Å²) in [6, 6.07) is 17.3. The summed E-state index contributed by atoms with van der Waals surface area (Å²) < 4.78 is 0. The fourth-order valence-corrected chi connectivity index (χ4v) is 2.98. The van der Waals surface area contributed by atoms with Gasteiger partial charge < -0.3 is 4.98 Å². The molecule has 1 heterocycles. The first-order valence-corrected chi connectivity index (χ1v) is 8.75. The van der Waals surface area contributed by atoms with Gasteiger partial charge >= 0.3 is 0 Å². The molecule has 23 heavy (non-hydrogen) atoms. The zero-order chi connectivity index (χ0) is 16.2. The van der Waals surface area contributed by atoms with Crippen molar-refractivity contribution in [2.75, 3.05) is 6.26 Å². The average molecular weight is 343 g/mol. The Bertz CT molecular complexity index is 878. The van der Waals surface area contributed by atoms with Crippen LogP contribution >= 0.6 is 23.4 Å². The summed E-state index contributed by atoms with van der Waals surface area (Å²) >= 11 is 7.66. The highest BCUT2D eigenvalue weighted by atomic mass is 35.5. The Morgan fingerprint density at radius 1 is 1.09 bits per heavy atom. The van der Waals surface area contributed by atoms with Crippen LogP contribution in [0.15, 0.2) is 64.5 Å². The van der Waals surface area contributed by atoms with Crippen LogP contribution in [0.2, 0.25) is 5.02 Å². The highest BCUT2D eigenvalue weighted by Gasteiger charge is 2.15. The number of H-pyrrole nitrogens is 1. The molecule has 0 aliphatic rings. The van der Waals surface area contributed by atoms with E-state index in [0.29, 0.717) is 27.9 Å². The molecule has 0 saturated carbocycles. The molecule has 0 spiro atoms. The summed E-state index contributed by atoms with van der Waals surface area (Å²) in [5, 5.41) is 1.26. The molecule has 0 bridgehead atoms. The fourth-order valence-electron chi connectivity index (χ4n) is 2.40. The van der Waals surface area contributed by atoms with E-state index in [1.807, 2.05) is 60.9 Å². The normalized spacial score (nSPS) is 10.7. The number of hydrogen-bond donors (Lipinski definition) is 1. The van der Waals surface area contributed by atoms with Gasteiger partial charge in [-0.25, -0.2) is 4.98 Å². The lowest BCUT2D eigenvalue weighted by atomic mass is 10.0. The van der Waals surface area contributed by atoms with Crippen molar-refractivity contribution < 1.29 is 0 Å². The number of aromatic nitrogens is 2. The second kappa shape index (κ2) is 7.02. The molecule has 3 aromatic rings. The molecule has 0 radical (unpaired) electrons. The molecular weight excluding hydrogens is 328 g/mol. The van der Waals surface area contributed by atoms with Crippen molar-refractivity contribution in [1.29, 1.82) is 0 Å². The van der Waals surface area contributed by atoms with Crippen molar-refractivity contribution in [2.45, 2.75) is 11.6 Å². The predicted molar refractivity (Wildman–Crippen MR) is 96.3 cm³/mol. The predicted octanol–water partition coefficient (Wildman–Crippen LogP) is 4.40. The minimum atomic E-state index is -0.122. The van der Waals surface area contributed by atoms with E-state index in [0.717, 1.165) is 11.1 Å². The van der Waals surface area contributed by atoms with Crippen molar-refractivity contribution in [3.05, 3.63) is 81.1 Å². The molecule has 1 aromatic heterocycles. The van der Waals surface area contributed by atoms with Gasteiger partial charge in [0, 0.05) is 22.6 Å². The molecular formula is C18H15ClN2OS. The van der Waals surface area contributed by atoms with Crippen LogP contribution in [0.1, 0.15) is 11.1 Å². The summed E-state index contributed by atoms with van der Waals surface area (Å²) in [5.74, 6) is 0. The van der Waals surface area contributed by atoms with Crippen LogP contribution in [0, 0.1) is 0 Å². The van der Waals surface area contributed by atoms with Crippen molar-refractivity contribution >= 4 is 23.4 Å². The zero-order valence-electron chi connectivity index (χ0n) is 12.5. The van der Waals surface area contributed by atoms with Crippen molar-refractivity contribution in [3.8, 4) is 11.3 Å². The van der Waals surface area contributed by atoms with E-state index >= 15 is 0 Å². The molecule has 0 aliphatic carbocycles. The van der Waals surface area contributed by atoms with Gasteiger partial charge in [0.15, 0.2) is 5.16 Å². The number of nitrogens with zero attached hydrogens (tertiary/aromatic N) is 1. The molecule has 0 fully saturated rings. The summed E-state index contributed by atoms with van der Waals surface area (Å²) in [6.07, 6.45) is 2.33. The summed E-state index contributed by atoms with van der Waals surface area (Å²) in [4.78, 5) is 20.0. The molecule has 0 saturated heterocycles. The van der Waals surface area contributed by atoms with Gasteiger partial charge in [-0.15, -0.1) is 0 Å². The minimum absolute atomic E-state index is 0.122.